The van der Waals surface area contributed by atoms with Crippen molar-refractivity contribution in [2.75, 3.05) is 6.16 Å². The summed E-state index contributed by atoms with van der Waals surface area (Å²) in [6.07, 6.45) is 8.55. The highest BCUT2D eigenvalue weighted by Gasteiger charge is 1.97. The Bertz CT molecular complexity index is 391. The van der Waals surface area contributed by atoms with E-state index in [0.717, 1.165) is 0 Å². The first kappa shape index (κ1) is 11.2. The van der Waals surface area contributed by atoms with E-state index in [1.807, 2.05) is 0 Å². The average Bonchev–Trinajstić information content (AvgIpc) is 2.43. The second kappa shape index (κ2) is 6.34. The highest BCUT2D eigenvalue weighted by Crippen LogP contribution is 2.33. The molecule has 0 bridgehead atoms. The Hall–Kier alpha value is -0.270. The highest BCUT2D eigenvalue weighted by atomic mass is 32.2. The average molecular weight is 250 g/mol. The summed E-state index contributed by atoms with van der Waals surface area (Å²) >= 11 is 0. The third-order valence-electron chi connectivity index (χ3n) is 2.19. The van der Waals surface area contributed by atoms with Crippen LogP contribution in [0.4, 0.5) is 0 Å². The van der Waals surface area contributed by atoms with Crippen molar-refractivity contribution in [3.05, 3.63) is 48.0 Å². The van der Waals surface area contributed by atoms with Gasteiger partial charge in [0.2, 0.25) is 0 Å². The van der Waals surface area contributed by atoms with Crippen LogP contribution in [-0.4, -0.2) is 11.5 Å². The van der Waals surface area contributed by atoms with Crippen molar-refractivity contribution < 1.29 is 0 Å². The van der Waals surface area contributed by atoms with Gasteiger partial charge in [0.15, 0.2) is 0 Å². The minimum Gasteiger partial charge on any atom is -0.0835 e. The molecule has 0 fully saturated rings. The molecule has 0 atom stereocenters. The van der Waals surface area contributed by atoms with Gasteiger partial charge < -0.3 is 0 Å². The zero-order valence-electron chi connectivity index (χ0n) is 8.50. The van der Waals surface area contributed by atoms with E-state index >= 15 is 0 Å². The molecule has 0 saturated carbocycles. The van der Waals surface area contributed by atoms with Crippen LogP contribution in [0.3, 0.4) is 0 Å². The summed E-state index contributed by atoms with van der Waals surface area (Å²) in [7, 11) is 4.55. The number of hydrogen-bond acceptors (Lipinski definition) is 0. The van der Waals surface area contributed by atoms with E-state index < -0.39 is 0 Å². The number of benzene rings is 1. The Morgan fingerprint density at radius 2 is 1.93 bits per heavy atom. The van der Waals surface area contributed by atoms with Gasteiger partial charge in [0.1, 0.15) is 0 Å². The van der Waals surface area contributed by atoms with Crippen LogP contribution < -0.4 is 0 Å². The summed E-state index contributed by atoms with van der Waals surface area (Å²) in [5, 5.41) is 1.46. The van der Waals surface area contributed by atoms with Gasteiger partial charge in [-0.15, -0.1) is 0 Å². The highest BCUT2D eigenvalue weighted by molar-refractivity contribution is 8.24. The lowest BCUT2D eigenvalue weighted by molar-refractivity contribution is 0.973. The van der Waals surface area contributed by atoms with Gasteiger partial charge in [-0.2, -0.15) is 0 Å². The Kier molecular flexibility index (Phi) is 4.75. The maximum atomic E-state index is 2.33. The second-order valence-corrected chi connectivity index (χ2v) is 8.54. The van der Waals surface area contributed by atoms with Crippen LogP contribution in [-0.2, 0) is 0 Å². The van der Waals surface area contributed by atoms with E-state index in [1.165, 1.54) is 45.3 Å². The Balaban J connectivity index is 2.29. The molecule has 2 rings (SSSR count). The molecule has 3 heteroatoms. The monoisotopic (exact) mass is 250 g/mol. The lowest BCUT2D eigenvalue weighted by Gasteiger charge is -1.99. The molecule has 0 N–H and O–H groups in total. The van der Waals surface area contributed by atoms with Crippen molar-refractivity contribution in [3.8, 4) is 0 Å². The molecule has 76 valence electrons. The van der Waals surface area contributed by atoms with Gasteiger partial charge in [-0.1, -0.05) is 50.4 Å². The fraction of sp³-hybridized carbons (Fsp3) is 0.250. The fourth-order valence-electron chi connectivity index (χ4n) is 1.40. The summed E-state index contributed by atoms with van der Waals surface area (Å²) < 4.78 is 0. The predicted octanol–water partition coefficient (Wildman–Crippen LogP) is 5.23. The standard InChI is InChI=1S/C12H13P3/c1-3-7-11(8-4-1)12-9-5-2-6-10-13-15-14-12/h1,3-5,7-9H,2,6,10H2. The van der Waals surface area contributed by atoms with E-state index in [4.69, 9.17) is 0 Å². The van der Waals surface area contributed by atoms with Gasteiger partial charge in [-0.05, 0) is 40.0 Å². The first-order valence-corrected chi connectivity index (χ1v) is 9.41. The summed E-state index contributed by atoms with van der Waals surface area (Å²) in [5.74, 6) is 0. The molecule has 1 aromatic carbocycles. The first-order valence-electron chi connectivity index (χ1n) is 5.13. The van der Waals surface area contributed by atoms with Crippen molar-refractivity contribution in [2.45, 2.75) is 12.8 Å². The third-order valence-corrected chi connectivity index (χ3v) is 7.38. The molecule has 1 aromatic rings. The first-order chi connectivity index (χ1) is 7.47. The van der Waals surface area contributed by atoms with E-state index in [0.29, 0.717) is 0 Å². The van der Waals surface area contributed by atoms with Gasteiger partial charge in [-0.25, -0.2) is 0 Å². The quantitative estimate of drug-likeness (QED) is 0.599. The van der Waals surface area contributed by atoms with Crippen LogP contribution in [0, 0.1) is 0 Å². The van der Waals surface area contributed by atoms with Crippen molar-refractivity contribution in [1.82, 2.24) is 0 Å². The second-order valence-electron chi connectivity index (χ2n) is 3.35. The smallest absolute Gasteiger partial charge is 0.0136 e. The lowest BCUT2D eigenvalue weighted by Crippen LogP contribution is -1.91. The maximum Gasteiger partial charge on any atom is 0.0136 e. The Morgan fingerprint density at radius 3 is 2.80 bits per heavy atom. The maximum absolute atomic E-state index is 2.33. The largest absolute Gasteiger partial charge is 0.0835 e. The van der Waals surface area contributed by atoms with Crippen LogP contribution in [0.15, 0.2) is 42.5 Å². The van der Waals surface area contributed by atoms with Crippen LogP contribution in [0.2, 0.25) is 0 Å². The summed E-state index contributed by atoms with van der Waals surface area (Å²) in [5.41, 5.74) is 1.38. The topological polar surface area (TPSA) is 0 Å². The molecule has 1 aliphatic rings. The summed E-state index contributed by atoms with van der Waals surface area (Å²) in [6.45, 7) is 0. The molecule has 0 amide bonds. The normalized spacial score (nSPS) is 19.6. The molecule has 0 spiro atoms. The van der Waals surface area contributed by atoms with Gasteiger partial charge in [0.25, 0.3) is 0 Å². The molecule has 0 aromatic heterocycles. The molecule has 0 nitrogen and oxygen atoms in total. The van der Waals surface area contributed by atoms with E-state index in [9.17, 15) is 0 Å². The molecule has 1 aliphatic heterocycles. The van der Waals surface area contributed by atoms with Crippen LogP contribution in [0.1, 0.15) is 18.4 Å². The van der Waals surface area contributed by atoms with Crippen molar-refractivity contribution in [1.29, 1.82) is 0 Å². The summed E-state index contributed by atoms with van der Waals surface area (Å²) in [6, 6.07) is 10.7. The van der Waals surface area contributed by atoms with Crippen molar-refractivity contribution >= 4 is 28.6 Å². The fourth-order valence-corrected chi connectivity index (χ4v) is 6.36. The zero-order valence-corrected chi connectivity index (χ0v) is 11.2. The third kappa shape index (κ3) is 3.66. The van der Waals surface area contributed by atoms with Crippen molar-refractivity contribution in [3.63, 3.8) is 0 Å². The summed E-state index contributed by atoms with van der Waals surface area (Å²) in [4.78, 5) is 0. The van der Waals surface area contributed by atoms with E-state index in [-0.39, 0.29) is 0 Å². The van der Waals surface area contributed by atoms with E-state index in [2.05, 4.69) is 42.5 Å². The predicted molar refractivity (Wildman–Crippen MR) is 74.6 cm³/mol. The Labute approximate surface area is 95.9 Å². The van der Waals surface area contributed by atoms with E-state index in [1.54, 1.807) is 7.87 Å². The molecule has 0 unspecified atom stereocenters. The molecular formula is C12H13P3. The Morgan fingerprint density at radius 1 is 1.07 bits per heavy atom. The van der Waals surface area contributed by atoms with Gasteiger partial charge in [-0.3, -0.25) is 0 Å². The minimum absolute atomic E-state index is 1.23. The molecule has 15 heavy (non-hydrogen) atoms. The molecule has 0 radical (unpaired) electrons. The van der Waals surface area contributed by atoms with Crippen molar-refractivity contribution in [2.24, 2.45) is 0 Å². The van der Waals surface area contributed by atoms with Gasteiger partial charge in [0, 0.05) is 5.29 Å². The number of hydrogen-bond donors (Lipinski definition) is 0. The number of allylic oxidation sites excluding steroid dienone is 2. The molecule has 0 saturated heterocycles. The zero-order chi connectivity index (χ0) is 10.3. The van der Waals surface area contributed by atoms with Gasteiger partial charge in [0.05, 0.1) is 0 Å². The van der Waals surface area contributed by atoms with Crippen LogP contribution in [0.5, 0.6) is 0 Å². The molecular weight excluding hydrogens is 237 g/mol. The lowest BCUT2D eigenvalue weighted by atomic mass is 10.1. The van der Waals surface area contributed by atoms with Crippen LogP contribution >= 0.6 is 23.3 Å². The molecule has 0 aliphatic carbocycles. The SMILES string of the molecule is C1=CC(c2ccccc2)=PP=PCCC1. The minimum atomic E-state index is 1.23. The van der Waals surface area contributed by atoms with Gasteiger partial charge >= 0.3 is 0 Å². The van der Waals surface area contributed by atoms with Crippen LogP contribution in [0.25, 0.3) is 0 Å². The number of rotatable bonds is 1. The molecule has 1 heterocycles.